The smallest absolute Gasteiger partial charge is 0.0127 e. The molecule has 0 nitrogen and oxygen atoms in total. The molecule has 54 valence electrons. The van der Waals surface area contributed by atoms with Crippen LogP contribution in [0.3, 0.4) is 0 Å². The molecule has 0 bridgehead atoms. The summed E-state index contributed by atoms with van der Waals surface area (Å²) < 4.78 is 0. The lowest BCUT2D eigenvalue weighted by atomic mass is 10.2. The van der Waals surface area contributed by atoms with E-state index in [-0.39, 0.29) is 0 Å². The van der Waals surface area contributed by atoms with Crippen molar-refractivity contribution >= 4 is 0 Å². The Morgan fingerprint density at radius 3 is 2.90 bits per heavy atom. The maximum Gasteiger partial charge on any atom is -0.0127 e. The topological polar surface area (TPSA) is 0 Å². The second kappa shape index (κ2) is 3.40. The van der Waals surface area contributed by atoms with Crippen molar-refractivity contribution in [1.82, 2.24) is 0 Å². The summed E-state index contributed by atoms with van der Waals surface area (Å²) in [6.07, 6.45) is 11.1. The molecule has 0 aromatic carbocycles. The number of rotatable bonds is 2. The minimum Gasteiger partial charge on any atom is -0.0871 e. The SMILES string of the molecule is CC=CC1=CCC(CC)=C1. The van der Waals surface area contributed by atoms with Crippen LogP contribution >= 0.6 is 0 Å². The third-order valence-electron chi connectivity index (χ3n) is 1.78. The summed E-state index contributed by atoms with van der Waals surface area (Å²) in [5, 5.41) is 0. The Morgan fingerprint density at radius 2 is 2.40 bits per heavy atom. The van der Waals surface area contributed by atoms with E-state index in [0.717, 1.165) is 6.42 Å². The first kappa shape index (κ1) is 7.33. The summed E-state index contributed by atoms with van der Waals surface area (Å²) >= 11 is 0. The van der Waals surface area contributed by atoms with Gasteiger partial charge in [0.15, 0.2) is 0 Å². The monoisotopic (exact) mass is 134 g/mol. The van der Waals surface area contributed by atoms with E-state index in [1.54, 1.807) is 5.57 Å². The molecule has 0 spiro atoms. The van der Waals surface area contributed by atoms with E-state index < -0.39 is 0 Å². The molecule has 1 rings (SSSR count). The predicted octanol–water partition coefficient (Wildman–Crippen LogP) is 3.23. The molecule has 0 N–H and O–H groups in total. The van der Waals surface area contributed by atoms with Crippen LogP contribution in [0.1, 0.15) is 26.7 Å². The van der Waals surface area contributed by atoms with Crippen LogP contribution in [0.5, 0.6) is 0 Å². The molecule has 1 aliphatic rings. The van der Waals surface area contributed by atoms with Crippen molar-refractivity contribution in [2.45, 2.75) is 26.7 Å². The van der Waals surface area contributed by atoms with E-state index in [4.69, 9.17) is 0 Å². The lowest BCUT2D eigenvalue weighted by Crippen LogP contribution is -1.69. The zero-order valence-electron chi connectivity index (χ0n) is 6.72. The van der Waals surface area contributed by atoms with Crippen LogP contribution in [0.25, 0.3) is 0 Å². The minimum absolute atomic E-state index is 1.16. The van der Waals surface area contributed by atoms with E-state index in [1.165, 1.54) is 12.0 Å². The normalized spacial score (nSPS) is 17.8. The minimum atomic E-state index is 1.16. The maximum absolute atomic E-state index is 2.28. The van der Waals surface area contributed by atoms with Gasteiger partial charge >= 0.3 is 0 Å². The lowest BCUT2D eigenvalue weighted by Gasteiger charge is -1.89. The molecule has 0 radical (unpaired) electrons. The average Bonchev–Trinajstić information content (AvgIpc) is 2.37. The molecule has 0 heterocycles. The molecular weight excluding hydrogens is 120 g/mol. The van der Waals surface area contributed by atoms with Crippen molar-refractivity contribution in [1.29, 1.82) is 0 Å². The van der Waals surface area contributed by atoms with Crippen molar-refractivity contribution in [3.63, 3.8) is 0 Å². The zero-order valence-corrected chi connectivity index (χ0v) is 6.72. The Bertz CT molecular complexity index is 192. The molecule has 0 atom stereocenters. The van der Waals surface area contributed by atoms with E-state index in [9.17, 15) is 0 Å². The molecule has 0 heteroatoms. The Balaban J connectivity index is 2.58. The van der Waals surface area contributed by atoms with Crippen LogP contribution in [-0.2, 0) is 0 Å². The van der Waals surface area contributed by atoms with Crippen LogP contribution in [0.2, 0.25) is 0 Å². The first-order chi connectivity index (χ1) is 4.86. The molecule has 0 saturated heterocycles. The second-order valence-electron chi connectivity index (χ2n) is 2.56. The van der Waals surface area contributed by atoms with Crippen LogP contribution in [-0.4, -0.2) is 0 Å². The molecule has 0 aromatic heterocycles. The molecule has 0 amide bonds. The number of allylic oxidation sites excluding steroid dienone is 6. The van der Waals surface area contributed by atoms with Crippen molar-refractivity contribution in [3.8, 4) is 0 Å². The van der Waals surface area contributed by atoms with Crippen molar-refractivity contribution in [3.05, 3.63) is 35.5 Å². The van der Waals surface area contributed by atoms with Crippen LogP contribution in [0.4, 0.5) is 0 Å². The van der Waals surface area contributed by atoms with E-state index in [0.29, 0.717) is 0 Å². The third-order valence-corrected chi connectivity index (χ3v) is 1.78. The van der Waals surface area contributed by atoms with E-state index >= 15 is 0 Å². The summed E-state index contributed by atoms with van der Waals surface area (Å²) in [5.74, 6) is 0. The fourth-order valence-electron chi connectivity index (χ4n) is 1.16. The van der Waals surface area contributed by atoms with E-state index in [1.807, 2.05) is 0 Å². The fourth-order valence-corrected chi connectivity index (χ4v) is 1.16. The predicted molar refractivity (Wildman–Crippen MR) is 45.9 cm³/mol. The fraction of sp³-hybridized carbons (Fsp3) is 0.400. The summed E-state index contributed by atoms with van der Waals surface area (Å²) in [5.41, 5.74) is 2.92. The van der Waals surface area contributed by atoms with Gasteiger partial charge in [-0.05, 0) is 25.3 Å². The molecule has 0 aliphatic heterocycles. The highest BCUT2D eigenvalue weighted by atomic mass is 14.1. The molecule has 10 heavy (non-hydrogen) atoms. The Morgan fingerprint density at radius 1 is 1.60 bits per heavy atom. The molecule has 0 saturated carbocycles. The largest absolute Gasteiger partial charge is 0.0871 e. The quantitative estimate of drug-likeness (QED) is 0.544. The number of hydrogen-bond donors (Lipinski definition) is 0. The highest BCUT2D eigenvalue weighted by Gasteiger charge is 2.00. The van der Waals surface area contributed by atoms with Gasteiger partial charge in [-0.15, -0.1) is 0 Å². The van der Waals surface area contributed by atoms with Gasteiger partial charge in [0.1, 0.15) is 0 Å². The first-order valence-electron chi connectivity index (χ1n) is 3.89. The average molecular weight is 134 g/mol. The highest BCUT2D eigenvalue weighted by molar-refractivity contribution is 5.39. The Labute approximate surface area is 62.9 Å². The highest BCUT2D eigenvalue weighted by Crippen LogP contribution is 2.20. The molecule has 0 unspecified atom stereocenters. The summed E-state index contributed by atoms with van der Waals surface area (Å²) in [7, 11) is 0. The van der Waals surface area contributed by atoms with Crippen molar-refractivity contribution in [2.24, 2.45) is 0 Å². The van der Waals surface area contributed by atoms with Crippen molar-refractivity contribution < 1.29 is 0 Å². The zero-order chi connectivity index (χ0) is 7.40. The molecule has 0 aromatic rings. The van der Waals surface area contributed by atoms with Gasteiger partial charge in [0.25, 0.3) is 0 Å². The lowest BCUT2D eigenvalue weighted by molar-refractivity contribution is 1.05. The summed E-state index contributed by atoms with van der Waals surface area (Å²) in [6.45, 7) is 4.26. The van der Waals surface area contributed by atoms with E-state index in [2.05, 4.69) is 38.2 Å². The molecule has 1 aliphatic carbocycles. The van der Waals surface area contributed by atoms with Crippen LogP contribution in [0.15, 0.2) is 35.5 Å². The second-order valence-corrected chi connectivity index (χ2v) is 2.56. The third kappa shape index (κ3) is 1.60. The summed E-state index contributed by atoms with van der Waals surface area (Å²) in [6, 6.07) is 0. The van der Waals surface area contributed by atoms with Crippen LogP contribution in [0, 0.1) is 0 Å². The van der Waals surface area contributed by atoms with Gasteiger partial charge in [0.2, 0.25) is 0 Å². The van der Waals surface area contributed by atoms with Gasteiger partial charge < -0.3 is 0 Å². The Kier molecular flexibility index (Phi) is 2.49. The van der Waals surface area contributed by atoms with Gasteiger partial charge in [-0.25, -0.2) is 0 Å². The molecular formula is C10H14. The van der Waals surface area contributed by atoms with Crippen LogP contribution < -0.4 is 0 Å². The van der Waals surface area contributed by atoms with Gasteiger partial charge in [0, 0.05) is 0 Å². The van der Waals surface area contributed by atoms with Crippen molar-refractivity contribution in [2.75, 3.05) is 0 Å². The first-order valence-corrected chi connectivity index (χ1v) is 3.89. The standard InChI is InChI=1S/C10H14/c1-3-5-10-7-6-9(4-2)8-10/h3,5,7-8H,4,6H2,1-2H3. The van der Waals surface area contributed by atoms with Gasteiger partial charge in [-0.1, -0.05) is 36.8 Å². The number of hydrogen-bond acceptors (Lipinski definition) is 0. The maximum atomic E-state index is 2.28. The Hall–Kier alpha value is -0.780. The molecule has 0 fully saturated rings. The summed E-state index contributed by atoms with van der Waals surface area (Å²) in [4.78, 5) is 0. The van der Waals surface area contributed by atoms with Gasteiger partial charge in [-0.3, -0.25) is 0 Å². The van der Waals surface area contributed by atoms with Gasteiger partial charge in [-0.2, -0.15) is 0 Å². The van der Waals surface area contributed by atoms with Gasteiger partial charge in [0.05, 0.1) is 0 Å².